The van der Waals surface area contributed by atoms with Crippen molar-refractivity contribution in [1.82, 2.24) is 0 Å². The predicted molar refractivity (Wildman–Crippen MR) is 52.4 cm³/mol. The Morgan fingerprint density at radius 1 is 1.42 bits per heavy atom. The third-order valence-corrected chi connectivity index (χ3v) is 3.13. The molecule has 0 radical (unpaired) electrons. The van der Waals surface area contributed by atoms with E-state index in [1.165, 1.54) is 12.1 Å². The Labute approximate surface area is 81.1 Å². The van der Waals surface area contributed by atoms with Gasteiger partial charge in [-0.05, 0) is 24.3 Å². The summed E-state index contributed by atoms with van der Waals surface area (Å²) in [6.07, 6.45) is 0. The molecule has 0 fully saturated rings. The van der Waals surface area contributed by atoms with E-state index < -0.39 is 0 Å². The number of alkyl halides is 1. The molecule has 0 N–H and O–H groups in total. The molecule has 0 heterocycles. The van der Waals surface area contributed by atoms with Crippen LogP contribution in [-0.2, 0) is 0 Å². The Hall–Kier alpha value is -0.210. The molecule has 1 aromatic carbocycles. The molecule has 3 heteroatoms. The van der Waals surface area contributed by atoms with Crippen molar-refractivity contribution in [2.75, 3.05) is 5.88 Å². The number of hydrogen-bond acceptors (Lipinski definition) is 1. The quantitative estimate of drug-likeness (QED) is 0.536. The molecule has 0 aliphatic rings. The molecule has 0 saturated heterocycles. The van der Waals surface area contributed by atoms with Crippen molar-refractivity contribution in [3.8, 4) is 0 Å². The molecule has 1 rings (SSSR count). The summed E-state index contributed by atoms with van der Waals surface area (Å²) < 4.78 is 12.5. The van der Waals surface area contributed by atoms with Gasteiger partial charge in [0.25, 0.3) is 0 Å². The van der Waals surface area contributed by atoms with Gasteiger partial charge in [0.1, 0.15) is 5.82 Å². The molecule has 0 aromatic heterocycles. The van der Waals surface area contributed by atoms with Crippen LogP contribution >= 0.6 is 23.4 Å². The van der Waals surface area contributed by atoms with Crippen molar-refractivity contribution < 1.29 is 4.39 Å². The summed E-state index contributed by atoms with van der Waals surface area (Å²) >= 11 is 7.29. The molecular formula is C9H10ClFS. The first-order chi connectivity index (χ1) is 5.72. The molecule has 1 aromatic rings. The van der Waals surface area contributed by atoms with Crippen molar-refractivity contribution in [2.24, 2.45) is 0 Å². The highest BCUT2D eigenvalue weighted by Crippen LogP contribution is 2.23. The van der Waals surface area contributed by atoms with Gasteiger partial charge < -0.3 is 0 Å². The molecule has 66 valence electrons. The summed E-state index contributed by atoms with van der Waals surface area (Å²) in [7, 11) is 0. The maximum atomic E-state index is 12.5. The van der Waals surface area contributed by atoms with E-state index in [-0.39, 0.29) is 5.82 Å². The van der Waals surface area contributed by atoms with Crippen molar-refractivity contribution in [2.45, 2.75) is 17.1 Å². The number of benzene rings is 1. The van der Waals surface area contributed by atoms with Gasteiger partial charge in [-0.3, -0.25) is 0 Å². The SMILES string of the molecule is CC(CCl)Sc1ccc(F)cc1. The zero-order valence-electron chi connectivity index (χ0n) is 6.76. The van der Waals surface area contributed by atoms with Gasteiger partial charge in [0.2, 0.25) is 0 Å². The van der Waals surface area contributed by atoms with Crippen LogP contribution in [0.2, 0.25) is 0 Å². The number of rotatable bonds is 3. The molecular weight excluding hydrogens is 195 g/mol. The Kier molecular flexibility index (Phi) is 3.89. The Balaban J connectivity index is 2.58. The molecule has 0 spiro atoms. The molecule has 12 heavy (non-hydrogen) atoms. The minimum Gasteiger partial charge on any atom is -0.207 e. The van der Waals surface area contributed by atoms with Crippen LogP contribution in [0.25, 0.3) is 0 Å². The molecule has 0 aliphatic heterocycles. The maximum absolute atomic E-state index is 12.5. The van der Waals surface area contributed by atoms with Gasteiger partial charge >= 0.3 is 0 Å². The molecule has 1 unspecified atom stereocenters. The Morgan fingerprint density at radius 2 is 2.00 bits per heavy atom. The van der Waals surface area contributed by atoms with Gasteiger partial charge in [0.05, 0.1) is 0 Å². The largest absolute Gasteiger partial charge is 0.207 e. The van der Waals surface area contributed by atoms with E-state index in [0.29, 0.717) is 11.1 Å². The molecule has 0 aliphatic carbocycles. The van der Waals surface area contributed by atoms with E-state index in [1.54, 1.807) is 23.9 Å². The second-order valence-electron chi connectivity index (χ2n) is 2.54. The van der Waals surface area contributed by atoms with Gasteiger partial charge in [-0.25, -0.2) is 4.39 Å². The van der Waals surface area contributed by atoms with Crippen LogP contribution < -0.4 is 0 Å². The second-order valence-corrected chi connectivity index (χ2v) is 4.36. The fourth-order valence-corrected chi connectivity index (χ4v) is 1.79. The lowest BCUT2D eigenvalue weighted by Gasteiger charge is -2.05. The Bertz CT molecular complexity index is 235. The van der Waals surface area contributed by atoms with E-state index in [9.17, 15) is 4.39 Å². The van der Waals surface area contributed by atoms with Crippen LogP contribution in [0.5, 0.6) is 0 Å². The van der Waals surface area contributed by atoms with E-state index >= 15 is 0 Å². The number of halogens is 2. The van der Waals surface area contributed by atoms with Crippen molar-refractivity contribution >= 4 is 23.4 Å². The average molecular weight is 205 g/mol. The topological polar surface area (TPSA) is 0 Å². The van der Waals surface area contributed by atoms with Gasteiger partial charge in [0.15, 0.2) is 0 Å². The first-order valence-corrected chi connectivity index (χ1v) is 5.12. The van der Waals surface area contributed by atoms with Crippen molar-refractivity contribution in [1.29, 1.82) is 0 Å². The lowest BCUT2D eigenvalue weighted by atomic mass is 10.4. The van der Waals surface area contributed by atoms with E-state index in [0.717, 1.165) is 4.90 Å². The smallest absolute Gasteiger partial charge is 0.123 e. The molecule has 0 saturated carbocycles. The van der Waals surface area contributed by atoms with E-state index in [2.05, 4.69) is 0 Å². The Morgan fingerprint density at radius 3 is 2.50 bits per heavy atom. The maximum Gasteiger partial charge on any atom is 0.123 e. The highest BCUT2D eigenvalue weighted by atomic mass is 35.5. The number of hydrogen-bond donors (Lipinski definition) is 0. The second kappa shape index (κ2) is 4.73. The standard InChI is InChI=1S/C9H10ClFS/c1-7(6-10)12-9-4-2-8(11)3-5-9/h2-5,7H,6H2,1H3. The van der Waals surface area contributed by atoms with E-state index in [1.807, 2.05) is 6.92 Å². The summed E-state index contributed by atoms with van der Waals surface area (Å²) in [6.45, 7) is 2.04. The van der Waals surface area contributed by atoms with Gasteiger partial charge in [0, 0.05) is 16.0 Å². The monoisotopic (exact) mass is 204 g/mol. The highest BCUT2D eigenvalue weighted by Gasteiger charge is 2.01. The lowest BCUT2D eigenvalue weighted by Crippen LogP contribution is -1.95. The van der Waals surface area contributed by atoms with Crippen molar-refractivity contribution in [3.63, 3.8) is 0 Å². The first kappa shape index (κ1) is 9.87. The summed E-state index contributed by atoms with van der Waals surface area (Å²) in [5.74, 6) is 0.417. The van der Waals surface area contributed by atoms with Gasteiger partial charge in [-0.15, -0.1) is 23.4 Å². The molecule has 1 atom stereocenters. The molecule has 0 bridgehead atoms. The number of thioether (sulfide) groups is 1. The zero-order valence-corrected chi connectivity index (χ0v) is 8.33. The fourth-order valence-electron chi connectivity index (χ4n) is 0.777. The summed E-state index contributed by atoms with van der Waals surface area (Å²) in [5.41, 5.74) is 0. The van der Waals surface area contributed by atoms with Crippen LogP contribution in [0, 0.1) is 5.82 Å². The van der Waals surface area contributed by atoms with Crippen LogP contribution in [0.4, 0.5) is 4.39 Å². The zero-order chi connectivity index (χ0) is 8.97. The average Bonchev–Trinajstić information content (AvgIpc) is 2.09. The highest BCUT2D eigenvalue weighted by molar-refractivity contribution is 8.00. The first-order valence-electron chi connectivity index (χ1n) is 3.70. The predicted octanol–water partition coefficient (Wildman–Crippen LogP) is 3.55. The minimum atomic E-state index is -0.196. The normalized spacial score (nSPS) is 12.9. The third kappa shape index (κ3) is 3.03. The minimum absolute atomic E-state index is 0.196. The summed E-state index contributed by atoms with van der Waals surface area (Å²) in [6, 6.07) is 6.46. The van der Waals surface area contributed by atoms with Gasteiger partial charge in [-0.2, -0.15) is 0 Å². The van der Waals surface area contributed by atoms with Crippen LogP contribution in [-0.4, -0.2) is 11.1 Å². The fraction of sp³-hybridized carbons (Fsp3) is 0.333. The molecule has 0 nitrogen and oxygen atoms in total. The van der Waals surface area contributed by atoms with Gasteiger partial charge in [-0.1, -0.05) is 6.92 Å². The summed E-state index contributed by atoms with van der Waals surface area (Å²) in [5, 5.41) is 0.372. The van der Waals surface area contributed by atoms with E-state index in [4.69, 9.17) is 11.6 Å². The van der Waals surface area contributed by atoms with Crippen LogP contribution in [0.3, 0.4) is 0 Å². The van der Waals surface area contributed by atoms with Crippen LogP contribution in [0.15, 0.2) is 29.2 Å². The molecule has 0 amide bonds. The van der Waals surface area contributed by atoms with Crippen LogP contribution in [0.1, 0.15) is 6.92 Å². The summed E-state index contributed by atoms with van der Waals surface area (Å²) in [4.78, 5) is 1.06. The van der Waals surface area contributed by atoms with Crippen molar-refractivity contribution in [3.05, 3.63) is 30.1 Å². The lowest BCUT2D eigenvalue weighted by molar-refractivity contribution is 0.626. The third-order valence-electron chi connectivity index (χ3n) is 1.37.